The highest BCUT2D eigenvalue weighted by atomic mass is 16.5. The van der Waals surface area contributed by atoms with E-state index < -0.39 is 0 Å². The maximum atomic E-state index is 5.89. The van der Waals surface area contributed by atoms with Gasteiger partial charge in [-0.3, -0.25) is 0 Å². The van der Waals surface area contributed by atoms with Crippen LogP contribution in [0.15, 0.2) is 0 Å². The van der Waals surface area contributed by atoms with Crippen molar-refractivity contribution in [3.63, 3.8) is 0 Å². The second-order valence-electron chi connectivity index (χ2n) is 3.62. The second-order valence-corrected chi connectivity index (χ2v) is 3.62. The van der Waals surface area contributed by atoms with E-state index in [-0.39, 0.29) is 11.6 Å². The van der Waals surface area contributed by atoms with Crippen LogP contribution in [0.1, 0.15) is 39.0 Å². The van der Waals surface area contributed by atoms with Gasteiger partial charge in [0.1, 0.15) is 0 Å². The highest BCUT2D eigenvalue weighted by Crippen LogP contribution is 2.32. The molecule has 1 unspecified atom stereocenters. The summed E-state index contributed by atoms with van der Waals surface area (Å²) in [6.07, 6.45) is 6.17. The molecule has 1 aliphatic rings. The normalized spacial score (nSPS) is 26.5. The molecule has 2 nitrogen and oxygen atoms in total. The van der Waals surface area contributed by atoms with Gasteiger partial charge in [0.25, 0.3) is 0 Å². The van der Waals surface area contributed by atoms with Crippen LogP contribution in [0.2, 0.25) is 0 Å². The summed E-state index contributed by atoms with van der Waals surface area (Å²) in [7, 11) is 1.79. The van der Waals surface area contributed by atoms with Gasteiger partial charge in [0.05, 0.1) is 5.60 Å². The lowest BCUT2D eigenvalue weighted by Crippen LogP contribution is -2.48. The van der Waals surface area contributed by atoms with E-state index in [2.05, 4.69) is 6.92 Å². The van der Waals surface area contributed by atoms with E-state index in [0.717, 1.165) is 12.8 Å². The molecule has 0 aromatic carbocycles. The number of nitrogens with two attached hydrogens (primary N) is 1. The molecular formula is C9H19NO. The van der Waals surface area contributed by atoms with Crippen LogP contribution in [0.25, 0.3) is 0 Å². The molecule has 1 rings (SSSR count). The lowest BCUT2D eigenvalue weighted by atomic mass is 9.80. The maximum Gasteiger partial charge on any atom is 0.0826 e. The van der Waals surface area contributed by atoms with Crippen molar-refractivity contribution in [3.8, 4) is 0 Å². The van der Waals surface area contributed by atoms with Gasteiger partial charge in [-0.2, -0.15) is 0 Å². The first-order valence-electron chi connectivity index (χ1n) is 4.52. The summed E-state index contributed by atoms with van der Waals surface area (Å²) in [5.41, 5.74) is 5.89. The average Bonchev–Trinajstić information content (AvgIpc) is 2.05. The molecule has 0 aliphatic heterocycles. The van der Waals surface area contributed by atoms with Gasteiger partial charge >= 0.3 is 0 Å². The summed E-state index contributed by atoms with van der Waals surface area (Å²) in [4.78, 5) is 0. The molecule has 0 aromatic heterocycles. The Morgan fingerprint density at radius 3 is 2.09 bits per heavy atom. The first-order valence-corrected chi connectivity index (χ1v) is 4.52. The minimum absolute atomic E-state index is 0.00174. The molecule has 0 radical (unpaired) electrons. The summed E-state index contributed by atoms with van der Waals surface area (Å²) in [6.45, 7) is 2.05. The summed E-state index contributed by atoms with van der Waals surface area (Å²) in [5.74, 6) is 0. The molecular weight excluding hydrogens is 138 g/mol. The Morgan fingerprint density at radius 2 is 1.82 bits per heavy atom. The third kappa shape index (κ3) is 1.74. The number of hydrogen-bond donors (Lipinski definition) is 1. The van der Waals surface area contributed by atoms with Gasteiger partial charge in [-0.05, 0) is 19.8 Å². The fraction of sp³-hybridized carbons (Fsp3) is 1.00. The molecule has 1 saturated carbocycles. The van der Waals surface area contributed by atoms with Crippen LogP contribution in [0.5, 0.6) is 0 Å². The zero-order chi connectivity index (χ0) is 8.32. The van der Waals surface area contributed by atoms with E-state index in [9.17, 15) is 0 Å². The lowest BCUT2D eigenvalue weighted by Gasteiger charge is -2.39. The van der Waals surface area contributed by atoms with Crippen LogP contribution in [0, 0.1) is 0 Å². The predicted molar refractivity (Wildman–Crippen MR) is 46.5 cm³/mol. The van der Waals surface area contributed by atoms with Crippen molar-refractivity contribution < 1.29 is 4.74 Å². The number of rotatable bonds is 2. The molecule has 2 N–H and O–H groups in total. The van der Waals surface area contributed by atoms with Crippen LogP contribution in [-0.4, -0.2) is 18.8 Å². The Labute approximate surface area is 69.1 Å². The SMILES string of the molecule is COC1(C(C)N)CCCCC1. The van der Waals surface area contributed by atoms with Crippen molar-refractivity contribution in [1.29, 1.82) is 0 Å². The summed E-state index contributed by atoms with van der Waals surface area (Å²) in [5, 5.41) is 0. The number of ether oxygens (including phenoxy) is 1. The van der Waals surface area contributed by atoms with E-state index >= 15 is 0 Å². The summed E-state index contributed by atoms with van der Waals surface area (Å²) < 4.78 is 5.52. The van der Waals surface area contributed by atoms with Crippen molar-refractivity contribution >= 4 is 0 Å². The molecule has 0 heterocycles. The molecule has 0 bridgehead atoms. The molecule has 2 heteroatoms. The third-order valence-electron chi connectivity index (χ3n) is 2.94. The molecule has 1 atom stereocenters. The van der Waals surface area contributed by atoms with Crippen molar-refractivity contribution in [1.82, 2.24) is 0 Å². The lowest BCUT2D eigenvalue weighted by molar-refractivity contribution is -0.0543. The van der Waals surface area contributed by atoms with Crippen molar-refractivity contribution in [2.24, 2.45) is 5.73 Å². The minimum Gasteiger partial charge on any atom is -0.377 e. The van der Waals surface area contributed by atoms with E-state index in [1.807, 2.05) is 0 Å². The quantitative estimate of drug-likeness (QED) is 0.662. The molecule has 0 saturated heterocycles. The van der Waals surface area contributed by atoms with Gasteiger partial charge in [0, 0.05) is 13.2 Å². The smallest absolute Gasteiger partial charge is 0.0826 e. The first kappa shape index (κ1) is 9.01. The van der Waals surface area contributed by atoms with Gasteiger partial charge < -0.3 is 10.5 Å². The average molecular weight is 157 g/mol. The maximum absolute atomic E-state index is 5.89. The van der Waals surface area contributed by atoms with Crippen LogP contribution in [0.3, 0.4) is 0 Å². The molecule has 0 aromatic rings. The number of hydrogen-bond acceptors (Lipinski definition) is 2. The van der Waals surface area contributed by atoms with E-state index in [1.54, 1.807) is 7.11 Å². The standard InChI is InChI=1S/C9H19NO/c1-8(10)9(11-2)6-4-3-5-7-9/h8H,3-7,10H2,1-2H3. The first-order chi connectivity index (χ1) is 5.21. The molecule has 11 heavy (non-hydrogen) atoms. The van der Waals surface area contributed by atoms with E-state index in [0.29, 0.717) is 0 Å². The van der Waals surface area contributed by atoms with Crippen LogP contribution >= 0.6 is 0 Å². The van der Waals surface area contributed by atoms with Crippen LogP contribution in [-0.2, 0) is 4.74 Å². The third-order valence-corrected chi connectivity index (χ3v) is 2.94. The molecule has 66 valence electrons. The summed E-state index contributed by atoms with van der Waals surface area (Å²) >= 11 is 0. The highest BCUT2D eigenvalue weighted by molar-refractivity contribution is 4.90. The fourth-order valence-corrected chi connectivity index (χ4v) is 2.00. The highest BCUT2D eigenvalue weighted by Gasteiger charge is 2.35. The minimum atomic E-state index is -0.00174. The molecule has 0 amide bonds. The fourth-order valence-electron chi connectivity index (χ4n) is 2.00. The van der Waals surface area contributed by atoms with Gasteiger partial charge in [0.2, 0.25) is 0 Å². The Balaban J connectivity index is 2.57. The molecule has 0 spiro atoms. The van der Waals surface area contributed by atoms with Crippen molar-refractivity contribution in [2.75, 3.05) is 7.11 Å². The Morgan fingerprint density at radius 1 is 1.27 bits per heavy atom. The zero-order valence-corrected chi connectivity index (χ0v) is 7.60. The van der Waals surface area contributed by atoms with Gasteiger partial charge in [-0.15, -0.1) is 0 Å². The van der Waals surface area contributed by atoms with Crippen LogP contribution < -0.4 is 5.73 Å². The summed E-state index contributed by atoms with van der Waals surface area (Å²) in [6, 6.07) is 0.174. The topological polar surface area (TPSA) is 35.2 Å². The van der Waals surface area contributed by atoms with Crippen molar-refractivity contribution in [2.45, 2.75) is 50.7 Å². The second kappa shape index (κ2) is 3.55. The molecule has 1 fully saturated rings. The molecule has 1 aliphatic carbocycles. The largest absolute Gasteiger partial charge is 0.377 e. The van der Waals surface area contributed by atoms with Gasteiger partial charge in [0.15, 0.2) is 0 Å². The van der Waals surface area contributed by atoms with Gasteiger partial charge in [-0.25, -0.2) is 0 Å². The van der Waals surface area contributed by atoms with E-state index in [4.69, 9.17) is 10.5 Å². The van der Waals surface area contributed by atoms with Gasteiger partial charge in [-0.1, -0.05) is 19.3 Å². The monoisotopic (exact) mass is 157 g/mol. The Kier molecular flexibility index (Phi) is 2.90. The van der Waals surface area contributed by atoms with Crippen molar-refractivity contribution in [3.05, 3.63) is 0 Å². The van der Waals surface area contributed by atoms with Crippen LogP contribution in [0.4, 0.5) is 0 Å². The Hall–Kier alpha value is -0.0800. The zero-order valence-electron chi connectivity index (χ0n) is 7.60. The number of methoxy groups -OCH3 is 1. The predicted octanol–water partition coefficient (Wildman–Crippen LogP) is 1.68. The van der Waals surface area contributed by atoms with E-state index in [1.165, 1.54) is 19.3 Å². The Bertz CT molecular complexity index is 117.